The maximum Gasteiger partial charge on any atom is 0.419 e. The molecule has 146 valence electrons. The summed E-state index contributed by atoms with van der Waals surface area (Å²) in [5.41, 5.74) is -1.59. The van der Waals surface area contributed by atoms with E-state index in [0.29, 0.717) is 18.2 Å². The van der Waals surface area contributed by atoms with E-state index >= 15 is 0 Å². The van der Waals surface area contributed by atoms with Crippen LogP contribution in [0.15, 0.2) is 33.6 Å². The Morgan fingerprint density at radius 3 is 2.63 bits per heavy atom. The van der Waals surface area contributed by atoms with Gasteiger partial charge in [-0.3, -0.25) is 4.79 Å². The minimum absolute atomic E-state index is 0.202. The van der Waals surface area contributed by atoms with Gasteiger partial charge in [0.1, 0.15) is 11.6 Å². The molecular weight excluding hydrogens is 372 g/mol. The summed E-state index contributed by atoms with van der Waals surface area (Å²) in [7, 11) is 1.18. The van der Waals surface area contributed by atoms with Crippen LogP contribution >= 0.6 is 0 Å². The normalized spacial score (nSPS) is 20.6. The molecule has 1 amide bonds. The molecule has 1 saturated heterocycles. The van der Waals surface area contributed by atoms with Crippen molar-refractivity contribution >= 4 is 6.09 Å². The van der Waals surface area contributed by atoms with Crippen molar-refractivity contribution in [1.29, 1.82) is 0 Å². The van der Waals surface area contributed by atoms with E-state index in [2.05, 4.69) is 5.16 Å². The molecule has 3 rings (SSSR count). The van der Waals surface area contributed by atoms with Crippen LogP contribution in [0.25, 0.3) is 0 Å². The molecule has 0 aliphatic carbocycles. The highest BCUT2D eigenvalue weighted by molar-refractivity contribution is 5.68. The third-order valence-corrected chi connectivity index (χ3v) is 4.64. The molecule has 1 fully saturated rings. The zero-order valence-corrected chi connectivity index (χ0v) is 14.2. The second-order valence-electron chi connectivity index (χ2n) is 6.25. The number of rotatable bonds is 2. The number of aromatic amines is 1. The van der Waals surface area contributed by atoms with Gasteiger partial charge >= 0.3 is 12.3 Å². The van der Waals surface area contributed by atoms with E-state index in [1.807, 2.05) is 0 Å². The summed E-state index contributed by atoms with van der Waals surface area (Å²) >= 11 is 0. The lowest BCUT2D eigenvalue weighted by Crippen LogP contribution is -2.40. The highest BCUT2D eigenvalue weighted by atomic mass is 19.4. The monoisotopic (exact) mass is 388 g/mol. The number of carbonyl (C=O) groups is 1. The van der Waals surface area contributed by atoms with Crippen LogP contribution in [0.3, 0.4) is 0 Å². The van der Waals surface area contributed by atoms with E-state index in [0.717, 1.165) is 12.1 Å². The summed E-state index contributed by atoms with van der Waals surface area (Å²) in [6.45, 7) is 0.208. The number of halogens is 4. The highest BCUT2D eigenvalue weighted by Gasteiger charge is 2.38. The van der Waals surface area contributed by atoms with Crippen LogP contribution in [0.2, 0.25) is 0 Å². The van der Waals surface area contributed by atoms with Gasteiger partial charge in [0.25, 0.3) is 5.56 Å². The molecule has 0 unspecified atom stereocenters. The average Bonchev–Trinajstić information content (AvgIpc) is 3.05. The maximum atomic E-state index is 14.0. The number of benzene rings is 1. The molecule has 6 nitrogen and oxygen atoms in total. The fourth-order valence-electron chi connectivity index (χ4n) is 3.34. The molecule has 2 heterocycles. The van der Waals surface area contributed by atoms with Crippen molar-refractivity contribution in [2.75, 3.05) is 13.7 Å². The van der Waals surface area contributed by atoms with E-state index in [9.17, 15) is 27.2 Å². The Hall–Kier alpha value is -2.78. The lowest BCUT2D eigenvalue weighted by atomic mass is 9.85. The van der Waals surface area contributed by atoms with Crippen LogP contribution in [-0.4, -0.2) is 29.8 Å². The number of alkyl halides is 3. The fourth-order valence-corrected chi connectivity index (χ4v) is 3.34. The van der Waals surface area contributed by atoms with Crippen LogP contribution in [0.1, 0.15) is 41.7 Å². The smallest absolute Gasteiger partial charge is 0.419 e. The van der Waals surface area contributed by atoms with Crippen molar-refractivity contribution < 1.29 is 31.6 Å². The van der Waals surface area contributed by atoms with Gasteiger partial charge in [-0.25, -0.2) is 9.18 Å². The molecule has 1 aliphatic rings. The van der Waals surface area contributed by atoms with Crippen molar-refractivity contribution in [3.8, 4) is 0 Å². The van der Waals surface area contributed by atoms with Gasteiger partial charge in [0.15, 0.2) is 0 Å². The molecule has 1 aliphatic heterocycles. The predicted molar refractivity (Wildman–Crippen MR) is 84.6 cm³/mol. The molecule has 0 saturated carbocycles. The fraction of sp³-hybridized carbons (Fsp3) is 0.412. The quantitative estimate of drug-likeness (QED) is 0.794. The summed E-state index contributed by atoms with van der Waals surface area (Å²) in [5, 5.41) is 2.18. The van der Waals surface area contributed by atoms with Crippen molar-refractivity contribution in [3.63, 3.8) is 0 Å². The number of nitrogens with zero attached hydrogens (tertiary/aromatic N) is 1. The van der Waals surface area contributed by atoms with Gasteiger partial charge in [-0.05, 0) is 30.5 Å². The Morgan fingerprint density at radius 1 is 1.33 bits per heavy atom. The van der Waals surface area contributed by atoms with Gasteiger partial charge in [0.2, 0.25) is 0 Å². The van der Waals surface area contributed by atoms with Gasteiger partial charge < -0.3 is 14.2 Å². The molecule has 1 aromatic heterocycles. The number of hydrogen-bond donors (Lipinski definition) is 1. The topological polar surface area (TPSA) is 75.5 Å². The first-order valence-electron chi connectivity index (χ1n) is 8.10. The van der Waals surface area contributed by atoms with Gasteiger partial charge in [0, 0.05) is 18.5 Å². The Bertz CT molecular complexity index is 890. The third kappa shape index (κ3) is 3.83. The minimum Gasteiger partial charge on any atom is -0.453 e. The van der Waals surface area contributed by atoms with Crippen molar-refractivity contribution in [2.45, 2.75) is 31.0 Å². The zero-order chi connectivity index (χ0) is 19.8. The Morgan fingerprint density at radius 2 is 2.07 bits per heavy atom. The Kier molecular flexibility index (Phi) is 4.99. The van der Waals surface area contributed by atoms with E-state index in [-0.39, 0.29) is 24.4 Å². The van der Waals surface area contributed by atoms with E-state index < -0.39 is 35.3 Å². The number of methoxy groups -OCH3 is 1. The molecule has 10 heteroatoms. The van der Waals surface area contributed by atoms with E-state index in [1.54, 1.807) is 0 Å². The highest BCUT2D eigenvalue weighted by Crippen LogP contribution is 2.40. The Labute approximate surface area is 150 Å². The Balaban J connectivity index is 1.95. The first kappa shape index (κ1) is 19.0. The number of amides is 1. The van der Waals surface area contributed by atoms with Crippen molar-refractivity contribution in [1.82, 2.24) is 10.1 Å². The molecular formula is C17H16F4N2O4. The molecule has 2 aromatic rings. The molecule has 1 N–H and O–H groups in total. The molecule has 1 aromatic carbocycles. The minimum atomic E-state index is -4.81. The summed E-state index contributed by atoms with van der Waals surface area (Å²) in [6.07, 6.45) is -4.79. The zero-order valence-electron chi connectivity index (χ0n) is 14.2. The van der Waals surface area contributed by atoms with Crippen LogP contribution in [0, 0.1) is 5.82 Å². The van der Waals surface area contributed by atoms with Crippen LogP contribution in [0.5, 0.6) is 0 Å². The van der Waals surface area contributed by atoms with Crippen LogP contribution in [0.4, 0.5) is 22.4 Å². The lowest BCUT2D eigenvalue weighted by Gasteiger charge is -2.38. The SMILES string of the molecule is COC(=O)N1CC[C@H](c2cc(=O)[nH]o2)C[C@@H]1c1ccc(C(F)(F)F)c(F)c1. The van der Waals surface area contributed by atoms with E-state index in [4.69, 9.17) is 9.26 Å². The number of ether oxygens (including phenoxy) is 1. The number of hydrogen-bond acceptors (Lipinski definition) is 4. The van der Waals surface area contributed by atoms with Gasteiger partial charge in [-0.2, -0.15) is 18.3 Å². The standard InChI is InChI=1S/C17H16F4N2O4/c1-26-16(25)23-5-4-10(14-8-15(24)22-27-14)7-13(23)9-2-3-11(12(18)6-9)17(19,20)21/h2-3,6,8,10,13H,4-5,7H2,1H3,(H,22,24)/t10-,13+/m0/s1. The van der Waals surface area contributed by atoms with Gasteiger partial charge in [0.05, 0.1) is 18.7 Å². The predicted octanol–water partition coefficient (Wildman–Crippen LogP) is 3.81. The molecule has 0 radical (unpaired) electrons. The maximum absolute atomic E-state index is 14.0. The largest absolute Gasteiger partial charge is 0.453 e. The number of H-pyrrole nitrogens is 1. The van der Waals surface area contributed by atoms with Crippen LogP contribution < -0.4 is 5.56 Å². The van der Waals surface area contributed by atoms with E-state index in [1.165, 1.54) is 18.1 Å². The van der Waals surface area contributed by atoms with Crippen LogP contribution in [-0.2, 0) is 10.9 Å². The summed E-state index contributed by atoms with van der Waals surface area (Å²) < 4.78 is 62.2. The lowest BCUT2D eigenvalue weighted by molar-refractivity contribution is -0.140. The first-order chi connectivity index (χ1) is 12.7. The van der Waals surface area contributed by atoms with Gasteiger partial charge in [-0.1, -0.05) is 6.07 Å². The molecule has 27 heavy (non-hydrogen) atoms. The number of nitrogens with one attached hydrogen (secondary N) is 1. The number of aromatic nitrogens is 1. The molecule has 2 atom stereocenters. The average molecular weight is 388 g/mol. The molecule has 0 bridgehead atoms. The summed E-state index contributed by atoms with van der Waals surface area (Å²) in [5.74, 6) is -1.30. The van der Waals surface area contributed by atoms with Crippen molar-refractivity contribution in [2.24, 2.45) is 0 Å². The number of likely N-dealkylation sites (tertiary alicyclic amines) is 1. The first-order valence-corrected chi connectivity index (χ1v) is 8.10. The second-order valence-corrected chi connectivity index (χ2v) is 6.25. The summed E-state index contributed by atoms with van der Waals surface area (Å²) in [4.78, 5) is 24.7. The van der Waals surface area contributed by atoms with Gasteiger partial charge in [-0.15, -0.1) is 0 Å². The third-order valence-electron chi connectivity index (χ3n) is 4.64. The number of piperidine rings is 1. The second kappa shape index (κ2) is 7.09. The molecule has 0 spiro atoms. The summed E-state index contributed by atoms with van der Waals surface area (Å²) in [6, 6.07) is 3.12. The van der Waals surface area contributed by atoms with Crippen molar-refractivity contribution in [3.05, 3.63) is 57.3 Å². The number of carbonyl (C=O) groups excluding carboxylic acids is 1.